The maximum Gasteiger partial charge on any atom is 0.255 e. The number of aliphatic hydroxyl groups is 1. The van der Waals surface area contributed by atoms with Crippen molar-refractivity contribution >= 4 is 5.91 Å². The first-order valence-corrected chi connectivity index (χ1v) is 7.41. The van der Waals surface area contributed by atoms with Crippen LogP contribution in [0.15, 0.2) is 4.42 Å². The average molecular weight is 281 g/mol. The molecule has 1 aromatic heterocycles. The normalized spacial score (nSPS) is 11.7. The van der Waals surface area contributed by atoms with Crippen LogP contribution in [-0.4, -0.2) is 23.2 Å². The van der Waals surface area contributed by atoms with E-state index in [0.717, 1.165) is 24.2 Å². The summed E-state index contributed by atoms with van der Waals surface area (Å²) in [7, 11) is 0. The van der Waals surface area contributed by atoms with Crippen LogP contribution in [0.4, 0.5) is 0 Å². The fraction of sp³-hybridized carbons (Fsp3) is 0.688. The van der Waals surface area contributed by atoms with Crippen molar-refractivity contribution in [3.63, 3.8) is 0 Å². The fourth-order valence-electron chi connectivity index (χ4n) is 2.69. The van der Waals surface area contributed by atoms with E-state index in [2.05, 4.69) is 5.32 Å². The van der Waals surface area contributed by atoms with Gasteiger partial charge < -0.3 is 14.8 Å². The second kappa shape index (κ2) is 6.93. The van der Waals surface area contributed by atoms with Gasteiger partial charge in [0.15, 0.2) is 0 Å². The number of furan rings is 1. The van der Waals surface area contributed by atoms with Crippen molar-refractivity contribution in [1.82, 2.24) is 5.32 Å². The highest BCUT2D eigenvalue weighted by molar-refractivity contribution is 5.96. The zero-order chi connectivity index (χ0) is 15.3. The predicted molar refractivity (Wildman–Crippen MR) is 80.0 cm³/mol. The van der Waals surface area contributed by atoms with Crippen LogP contribution < -0.4 is 5.32 Å². The standard InChI is InChI=1S/C16H27NO3/c1-6-8-16(19,9-7-2)10-17-15(18)14-11(3)12(4)20-13(14)5/h19H,6-10H2,1-5H3,(H,17,18). The molecule has 1 aromatic rings. The molecule has 114 valence electrons. The number of hydrogen-bond donors (Lipinski definition) is 2. The summed E-state index contributed by atoms with van der Waals surface area (Å²) in [5.74, 6) is 1.24. The molecule has 0 spiro atoms. The van der Waals surface area contributed by atoms with Crippen LogP contribution in [0.5, 0.6) is 0 Å². The van der Waals surface area contributed by atoms with Crippen molar-refractivity contribution < 1.29 is 14.3 Å². The van der Waals surface area contributed by atoms with Gasteiger partial charge in [0.05, 0.1) is 11.2 Å². The quantitative estimate of drug-likeness (QED) is 0.806. The molecule has 0 bridgehead atoms. The SMILES string of the molecule is CCCC(O)(CCC)CNC(=O)c1c(C)oc(C)c1C. The first kappa shape index (κ1) is 16.8. The van der Waals surface area contributed by atoms with Crippen LogP contribution in [0.1, 0.15) is 67.0 Å². The molecule has 0 saturated carbocycles. The predicted octanol–water partition coefficient (Wildman–Crippen LogP) is 3.27. The maximum absolute atomic E-state index is 12.3. The Labute approximate surface area is 121 Å². The largest absolute Gasteiger partial charge is 0.466 e. The zero-order valence-electron chi connectivity index (χ0n) is 13.3. The van der Waals surface area contributed by atoms with E-state index < -0.39 is 5.60 Å². The third-order valence-electron chi connectivity index (χ3n) is 3.80. The molecule has 1 amide bonds. The summed E-state index contributed by atoms with van der Waals surface area (Å²) < 4.78 is 5.47. The monoisotopic (exact) mass is 281 g/mol. The van der Waals surface area contributed by atoms with Crippen molar-refractivity contribution in [2.75, 3.05) is 6.54 Å². The summed E-state index contributed by atoms with van der Waals surface area (Å²) in [5.41, 5.74) is 0.659. The van der Waals surface area contributed by atoms with Crippen molar-refractivity contribution in [3.8, 4) is 0 Å². The molecule has 4 heteroatoms. The zero-order valence-corrected chi connectivity index (χ0v) is 13.3. The van der Waals surface area contributed by atoms with E-state index in [1.165, 1.54) is 0 Å². The van der Waals surface area contributed by atoms with Gasteiger partial charge in [0.2, 0.25) is 0 Å². The Kier molecular flexibility index (Phi) is 5.81. The Hall–Kier alpha value is -1.29. The molecule has 1 rings (SSSR count). The summed E-state index contributed by atoms with van der Waals surface area (Å²) in [4.78, 5) is 12.3. The van der Waals surface area contributed by atoms with E-state index >= 15 is 0 Å². The highest BCUT2D eigenvalue weighted by Crippen LogP contribution is 2.22. The molecular formula is C16H27NO3. The molecular weight excluding hydrogens is 254 g/mol. The average Bonchev–Trinajstić information content (AvgIpc) is 2.61. The molecule has 0 atom stereocenters. The van der Waals surface area contributed by atoms with Crippen molar-refractivity contribution in [1.29, 1.82) is 0 Å². The Morgan fingerprint density at radius 3 is 2.10 bits per heavy atom. The lowest BCUT2D eigenvalue weighted by Gasteiger charge is -2.27. The molecule has 4 nitrogen and oxygen atoms in total. The molecule has 0 fully saturated rings. The topological polar surface area (TPSA) is 62.5 Å². The van der Waals surface area contributed by atoms with Gasteiger partial charge in [-0.25, -0.2) is 0 Å². The van der Waals surface area contributed by atoms with E-state index in [-0.39, 0.29) is 12.5 Å². The van der Waals surface area contributed by atoms with E-state index in [9.17, 15) is 9.90 Å². The van der Waals surface area contributed by atoms with Crippen LogP contribution in [0.25, 0.3) is 0 Å². The molecule has 1 heterocycles. The molecule has 0 aliphatic carbocycles. The first-order chi connectivity index (χ1) is 9.34. The van der Waals surface area contributed by atoms with Gasteiger partial charge in [-0.2, -0.15) is 0 Å². The van der Waals surface area contributed by atoms with Gasteiger partial charge in [-0.1, -0.05) is 26.7 Å². The number of aryl methyl sites for hydroxylation is 2. The Balaban J connectivity index is 2.75. The minimum atomic E-state index is -0.806. The van der Waals surface area contributed by atoms with Gasteiger partial charge in [0.25, 0.3) is 5.91 Å². The minimum Gasteiger partial charge on any atom is -0.466 e. The summed E-state index contributed by atoms with van der Waals surface area (Å²) >= 11 is 0. The van der Waals surface area contributed by atoms with Crippen LogP contribution in [0.2, 0.25) is 0 Å². The van der Waals surface area contributed by atoms with Crippen molar-refractivity contribution in [2.45, 2.75) is 65.9 Å². The maximum atomic E-state index is 12.3. The number of carbonyl (C=O) groups excluding carboxylic acids is 1. The first-order valence-electron chi connectivity index (χ1n) is 7.41. The third-order valence-corrected chi connectivity index (χ3v) is 3.80. The summed E-state index contributed by atoms with van der Waals surface area (Å²) in [6.07, 6.45) is 3.19. The highest BCUT2D eigenvalue weighted by atomic mass is 16.3. The van der Waals surface area contributed by atoms with Gasteiger partial charge in [0, 0.05) is 12.1 Å². The molecule has 0 aliphatic heterocycles. The van der Waals surface area contributed by atoms with Crippen LogP contribution in [0, 0.1) is 20.8 Å². The van der Waals surface area contributed by atoms with E-state index in [4.69, 9.17) is 4.42 Å². The molecule has 0 aromatic carbocycles. The highest BCUT2D eigenvalue weighted by Gasteiger charge is 2.27. The molecule has 20 heavy (non-hydrogen) atoms. The van der Waals surface area contributed by atoms with Crippen molar-refractivity contribution in [2.24, 2.45) is 0 Å². The Morgan fingerprint density at radius 2 is 1.70 bits per heavy atom. The van der Waals surface area contributed by atoms with Gasteiger partial charge >= 0.3 is 0 Å². The van der Waals surface area contributed by atoms with Crippen LogP contribution in [-0.2, 0) is 0 Å². The van der Waals surface area contributed by atoms with E-state index in [0.29, 0.717) is 24.2 Å². The molecule has 0 unspecified atom stereocenters. The Morgan fingerprint density at radius 1 is 1.15 bits per heavy atom. The van der Waals surface area contributed by atoms with Gasteiger partial charge in [-0.15, -0.1) is 0 Å². The van der Waals surface area contributed by atoms with Crippen LogP contribution >= 0.6 is 0 Å². The van der Waals surface area contributed by atoms with Gasteiger partial charge in [0.1, 0.15) is 11.5 Å². The Bertz CT molecular complexity index is 457. The lowest BCUT2D eigenvalue weighted by atomic mass is 9.92. The summed E-state index contributed by atoms with van der Waals surface area (Å²) in [5, 5.41) is 13.4. The number of nitrogens with one attached hydrogen (secondary N) is 1. The number of carbonyl (C=O) groups is 1. The second-order valence-electron chi connectivity index (χ2n) is 5.62. The van der Waals surface area contributed by atoms with Crippen LogP contribution in [0.3, 0.4) is 0 Å². The van der Waals surface area contributed by atoms with Gasteiger partial charge in [-0.05, 0) is 33.6 Å². The lowest BCUT2D eigenvalue weighted by Crippen LogP contribution is -2.43. The minimum absolute atomic E-state index is 0.164. The molecule has 2 N–H and O–H groups in total. The fourth-order valence-corrected chi connectivity index (χ4v) is 2.69. The number of amides is 1. The molecule has 0 aliphatic rings. The molecule has 0 saturated heterocycles. The number of rotatable bonds is 7. The van der Waals surface area contributed by atoms with E-state index in [1.807, 2.05) is 27.7 Å². The third kappa shape index (κ3) is 3.85. The second-order valence-corrected chi connectivity index (χ2v) is 5.62. The summed E-state index contributed by atoms with van der Waals surface area (Å²) in [6, 6.07) is 0. The summed E-state index contributed by atoms with van der Waals surface area (Å²) in [6.45, 7) is 9.89. The lowest BCUT2D eigenvalue weighted by molar-refractivity contribution is 0.0212. The van der Waals surface area contributed by atoms with E-state index in [1.54, 1.807) is 6.92 Å². The van der Waals surface area contributed by atoms with Gasteiger partial charge in [-0.3, -0.25) is 4.79 Å². The smallest absolute Gasteiger partial charge is 0.255 e. The molecule has 0 radical (unpaired) electrons. The van der Waals surface area contributed by atoms with Crippen molar-refractivity contribution in [3.05, 3.63) is 22.6 Å². The number of hydrogen-bond acceptors (Lipinski definition) is 3.